The van der Waals surface area contributed by atoms with Crippen molar-refractivity contribution >= 4 is 5.97 Å². The summed E-state index contributed by atoms with van der Waals surface area (Å²) < 4.78 is 6.31. The Morgan fingerprint density at radius 1 is 0.955 bits per heavy atom. The molecule has 1 heterocycles. The fourth-order valence-corrected chi connectivity index (χ4v) is 6.50. The van der Waals surface area contributed by atoms with Gasteiger partial charge in [-0.05, 0) is 75.0 Å². The lowest BCUT2D eigenvalue weighted by Crippen LogP contribution is -2.64. The third-order valence-electron chi connectivity index (χ3n) is 7.56. The number of aliphatic carboxylic acids is 1. The quantitative estimate of drug-likeness (QED) is 0.767. The van der Waals surface area contributed by atoms with E-state index in [9.17, 15) is 9.90 Å². The van der Waals surface area contributed by atoms with E-state index in [1.807, 2.05) is 0 Å². The lowest BCUT2D eigenvalue weighted by atomic mass is 9.44. The summed E-state index contributed by atoms with van der Waals surface area (Å²) in [5, 5.41) is 9.56. The van der Waals surface area contributed by atoms with E-state index in [0.717, 1.165) is 18.8 Å². The predicted octanol–water partition coefficient (Wildman–Crippen LogP) is 4.64. The maximum absolute atomic E-state index is 11.6. The normalized spacial score (nSPS) is 50.8. The summed E-state index contributed by atoms with van der Waals surface area (Å²) in [5.41, 5.74) is -0.570. The predicted molar refractivity (Wildman–Crippen MR) is 86.7 cm³/mol. The minimum Gasteiger partial charge on any atom is -0.479 e. The molecule has 1 N–H and O–H groups in total. The van der Waals surface area contributed by atoms with Crippen LogP contribution in [0.3, 0.4) is 0 Å². The largest absolute Gasteiger partial charge is 0.479 e. The summed E-state index contributed by atoms with van der Waals surface area (Å²) in [6.07, 6.45) is 7.70. The van der Waals surface area contributed by atoms with Gasteiger partial charge in [0.1, 0.15) is 0 Å². The second-order valence-corrected chi connectivity index (χ2v) is 9.48. The van der Waals surface area contributed by atoms with Crippen molar-refractivity contribution in [3.05, 3.63) is 0 Å². The van der Waals surface area contributed by atoms with Crippen molar-refractivity contribution in [1.82, 2.24) is 0 Å². The Balaban J connectivity index is 1.94. The van der Waals surface area contributed by atoms with Crippen LogP contribution in [0.4, 0.5) is 0 Å². The second kappa shape index (κ2) is 4.72. The van der Waals surface area contributed by atoms with Gasteiger partial charge in [-0.2, -0.15) is 0 Å². The van der Waals surface area contributed by atoms with Crippen LogP contribution in [0.5, 0.6) is 0 Å². The number of hydrogen-bond donors (Lipinski definition) is 1. The van der Waals surface area contributed by atoms with Crippen molar-refractivity contribution in [3.8, 4) is 0 Å². The highest BCUT2D eigenvalue weighted by molar-refractivity contribution is 5.77. The van der Waals surface area contributed by atoms with Gasteiger partial charge in [0.25, 0.3) is 0 Å². The van der Waals surface area contributed by atoms with Crippen molar-refractivity contribution < 1.29 is 14.6 Å². The Morgan fingerprint density at radius 3 is 2.23 bits per heavy atom. The lowest BCUT2D eigenvalue weighted by Gasteiger charge is -2.64. The highest BCUT2D eigenvalue weighted by Crippen LogP contribution is 2.65. The zero-order valence-corrected chi connectivity index (χ0v) is 14.9. The van der Waals surface area contributed by atoms with Crippen LogP contribution in [0.15, 0.2) is 0 Å². The van der Waals surface area contributed by atoms with Gasteiger partial charge in [-0.3, -0.25) is 0 Å². The molecular weight excluding hydrogens is 276 g/mol. The standard InChI is InChI=1S/C19H32O3/c1-16(2)9-6-10-17(3)13(16)7-11-18(4)14(17)8-12-19(5,22-18)15(20)21/h13-14H,6-12H2,1-5H3,(H,20,21)/t13-,14+,17-,18+,19+/m0/s1. The summed E-state index contributed by atoms with van der Waals surface area (Å²) >= 11 is 0. The van der Waals surface area contributed by atoms with Crippen LogP contribution in [0.1, 0.15) is 79.6 Å². The number of carbonyl (C=O) groups is 1. The molecule has 126 valence electrons. The third kappa shape index (κ3) is 2.15. The highest BCUT2D eigenvalue weighted by Gasteiger charge is 2.62. The molecule has 0 unspecified atom stereocenters. The first-order chi connectivity index (χ1) is 10.0. The maximum Gasteiger partial charge on any atom is 0.335 e. The molecule has 5 atom stereocenters. The summed E-state index contributed by atoms with van der Waals surface area (Å²) in [6.45, 7) is 11.3. The van der Waals surface area contributed by atoms with E-state index in [1.54, 1.807) is 6.92 Å². The Hall–Kier alpha value is -0.570. The number of hydrogen-bond acceptors (Lipinski definition) is 2. The van der Waals surface area contributed by atoms with Crippen molar-refractivity contribution in [1.29, 1.82) is 0 Å². The molecule has 0 aromatic heterocycles. The fraction of sp³-hybridized carbons (Fsp3) is 0.947. The van der Waals surface area contributed by atoms with Crippen molar-refractivity contribution in [2.24, 2.45) is 22.7 Å². The van der Waals surface area contributed by atoms with Crippen LogP contribution in [0.2, 0.25) is 0 Å². The molecule has 2 aliphatic carbocycles. The van der Waals surface area contributed by atoms with Gasteiger partial charge >= 0.3 is 5.97 Å². The number of ether oxygens (including phenoxy) is 1. The zero-order chi connectivity index (χ0) is 16.4. The van der Waals surface area contributed by atoms with Crippen molar-refractivity contribution in [2.75, 3.05) is 0 Å². The number of carboxylic acid groups (broad SMARTS) is 1. The molecule has 3 nitrogen and oxygen atoms in total. The van der Waals surface area contributed by atoms with E-state index in [-0.39, 0.29) is 5.60 Å². The Labute approximate surface area is 134 Å². The first-order valence-electron chi connectivity index (χ1n) is 8.97. The van der Waals surface area contributed by atoms with Crippen LogP contribution in [0, 0.1) is 22.7 Å². The minimum absolute atomic E-state index is 0.274. The van der Waals surface area contributed by atoms with Gasteiger partial charge in [0.15, 0.2) is 5.60 Å². The Bertz CT molecular complexity index is 485. The van der Waals surface area contributed by atoms with Gasteiger partial charge in [0.05, 0.1) is 5.60 Å². The van der Waals surface area contributed by atoms with E-state index < -0.39 is 11.6 Å². The molecule has 3 aliphatic rings. The number of carboxylic acids is 1. The zero-order valence-electron chi connectivity index (χ0n) is 14.9. The average Bonchev–Trinajstić information content (AvgIpc) is 2.36. The molecule has 0 radical (unpaired) electrons. The summed E-state index contributed by atoms with van der Waals surface area (Å²) in [5.74, 6) is 0.429. The van der Waals surface area contributed by atoms with Crippen molar-refractivity contribution in [3.63, 3.8) is 0 Å². The van der Waals surface area contributed by atoms with Crippen LogP contribution < -0.4 is 0 Å². The van der Waals surface area contributed by atoms with E-state index in [1.165, 1.54) is 25.7 Å². The molecular formula is C19H32O3. The first-order valence-corrected chi connectivity index (χ1v) is 8.97. The first kappa shape index (κ1) is 16.3. The molecule has 1 aliphatic heterocycles. The molecule has 3 heteroatoms. The molecule has 0 amide bonds. The summed E-state index contributed by atoms with van der Waals surface area (Å²) in [6, 6.07) is 0. The SMILES string of the molecule is CC1(C)CCC[C@]2(C)[C@H]3CC[C@](C)(C(=O)O)O[C@]3(C)CC[C@@H]12. The Kier molecular flexibility index (Phi) is 3.49. The minimum atomic E-state index is -1.00. The smallest absolute Gasteiger partial charge is 0.335 e. The molecule has 0 aromatic rings. The lowest BCUT2D eigenvalue weighted by molar-refractivity contribution is -0.265. The number of fused-ring (bicyclic) bond motifs is 3. The van der Waals surface area contributed by atoms with Gasteiger partial charge in [0.2, 0.25) is 0 Å². The van der Waals surface area contributed by atoms with Gasteiger partial charge in [-0.15, -0.1) is 0 Å². The van der Waals surface area contributed by atoms with E-state index in [0.29, 0.717) is 23.2 Å². The average molecular weight is 308 g/mol. The van der Waals surface area contributed by atoms with E-state index in [4.69, 9.17) is 4.74 Å². The molecule has 0 bridgehead atoms. The van der Waals surface area contributed by atoms with Gasteiger partial charge in [0, 0.05) is 0 Å². The topological polar surface area (TPSA) is 46.5 Å². The maximum atomic E-state index is 11.6. The highest BCUT2D eigenvalue weighted by atomic mass is 16.5. The monoisotopic (exact) mass is 308 g/mol. The number of rotatable bonds is 1. The van der Waals surface area contributed by atoms with Gasteiger partial charge < -0.3 is 9.84 Å². The van der Waals surface area contributed by atoms with Crippen LogP contribution in [0.25, 0.3) is 0 Å². The molecule has 1 saturated heterocycles. The van der Waals surface area contributed by atoms with Gasteiger partial charge in [-0.25, -0.2) is 4.79 Å². The van der Waals surface area contributed by atoms with E-state index in [2.05, 4.69) is 27.7 Å². The van der Waals surface area contributed by atoms with Gasteiger partial charge in [-0.1, -0.05) is 27.2 Å². The van der Waals surface area contributed by atoms with Crippen LogP contribution in [-0.2, 0) is 9.53 Å². The Morgan fingerprint density at radius 2 is 1.59 bits per heavy atom. The molecule has 2 saturated carbocycles. The van der Waals surface area contributed by atoms with Crippen molar-refractivity contribution in [2.45, 2.75) is 90.8 Å². The summed E-state index contributed by atoms with van der Waals surface area (Å²) in [7, 11) is 0. The molecule has 3 rings (SSSR count). The molecule has 22 heavy (non-hydrogen) atoms. The summed E-state index contributed by atoms with van der Waals surface area (Å²) in [4.78, 5) is 11.6. The fourth-order valence-electron chi connectivity index (χ4n) is 6.50. The van der Waals surface area contributed by atoms with Crippen LogP contribution in [-0.4, -0.2) is 22.3 Å². The van der Waals surface area contributed by atoms with Crippen LogP contribution >= 0.6 is 0 Å². The third-order valence-corrected chi connectivity index (χ3v) is 7.56. The molecule has 0 aromatic carbocycles. The second-order valence-electron chi connectivity index (χ2n) is 9.48. The molecule has 0 spiro atoms. The van der Waals surface area contributed by atoms with E-state index >= 15 is 0 Å². The molecule has 3 fully saturated rings.